The van der Waals surface area contributed by atoms with Crippen LogP contribution in [0.15, 0.2) is 18.2 Å². The third-order valence-electron chi connectivity index (χ3n) is 4.55. The van der Waals surface area contributed by atoms with Crippen molar-refractivity contribution in [3.8, 4) is 0 Å². The molecule has 18 heavy (non-hydrogen) atoms. The average molecular weight is 245 g/mol. The van der Waals surface area contributed by atoms with Gasteiger partial charge in [0.2, 0.25) is 0 Å². The van der Waals surface area contributed by atoms with Crippen molar-refractivity contribution in [2.45, 2.75) is 64.3 Å². The van der Waals surface area contributed by atoms with E-state index in [-0.39, 0.29) is 0 Å². The predicted molar refractivity (Wildman–Crippen MR) is 79.3 cm³/mol. The van der Waals surface area contributed by atoms with Crippen molar-refractivity contribution >= 4 is 0 Å². The summed E-state index contributed by atoms with van der Waals surface area (Å²) < 4.78 is 0. The van der Waals surface area contributed by atoms with Crippen molar-refractivity contribution < 1.29 is 0 Å². The minimum absolute atomic E-state index is 0.637. The molecular formula is C17H27N. The van der Waals surface area contributed by atoms with E-state index in [1.807, 2.05) is 0 Å². The van der Waals surface area contributed by atoms with Crippen LogP contribution in [0.3, 0.4) is 0 Å². The van der Waals surface area contributed by atoms with Crippen LogP contribution < -0.4 is 5.32 Å². The van der Waals surface area contributed by atoms with Crippen molar-refractivity contribution in [3.05, 3.63) is 34.9 Å². The second-order valence-electron chi connectivity index (χ2n) is 6.11. The second kappa shape index (κ2) is 5.88. The van der Waals surface area contributed by atoms with Crippen molar-refractivity contribution in [2.75, 3.05) is 7.05 Å². The van der Waals surface area contributed by atoms with E-state index in [2.05, 4.69) is 51.3 Å². The minimum Gasteiger partial charge on any atom is -0.317 e. The zero-order chi connectivity index (χ0) is 13.1. The van der Waals surface area contributed by atoms with Gasteiger partial charge in [-0.3, -0.25) is 0 Å². The van der Waals surface area contributed by atoms with Gasteiger partial charge in [-0.05, 0) is 68.2 Å². The molecule has 0 aromatic heterocycles. The van der Waals surface area contributed by atoms with Crippen LogP contribution in [0.25, 0.3) is 0 Å². The van der Waals surface area contributed by atoms with Gasteiger partial charge in [0.1, 0.15) is 0 Å². The van der Waals surface area contributed by atoms with Gasteiger partial charge in [-0.15, -0.1) is 0 Å². The molecule has 0 saturated heterocycles. The Hall–Kier alpha value is -0.820. The number of nitrogens with one attached hydrogen (secondary N) is 1. The highest BCUT2D eigenvalue weighted by Crippen LogP contribution is 2.35. The summed E-state index contributed by atoms with van der Waals surface area (Å²) in [5.41, 5.74) is 4.58. The molecule has 0 radical (unpaired) electrons. The molecule has 100 valence electrons. The summed E-state index contributed by atoms with van der Waals surface area (Å²) in [5.74, 6) is 1.42. The number of rotatable bonds is 3. The maximum absolute atomic E-state index is 3.42. The number of aryl methyl sites for hydroxylation is 1. The highest BCUT2D eigenvalue weighted by molar-refractivity contribution is 5.35. The van der Waals surface area contributed by atoms with E-state index >= 15 is 0 Å². The van der Waals surface area contributed by atoms with E-state index in [9.17, 15) is 0 Å². The lowest BCUT2D eigenvalue weighted by atomic mass is 9.79. The molecule has 1 aromatic rings. The monoisotopic (exact) mass is 245 g/mol. The maximum Gasteiger partial charge on any atom is 0.00644 e. The van der Waals surface area contributed by atoms with Gasteiger partial charge in [-0.2, -0.15) is 0 Å². The van der Waals surface area contributed by atoms with Crippen LogP contribution in [0, 0.1) is 6.92 Å². The Kier molecular flexibility index (Phi) is 4.45. The standard InChI is InChI=1S/C17H27N/c1-12(2)15-6-5-13(3)17(11-15)14-7-9-16(18-4)10-8-14/h5-6,11-12,14,16,18H,7-10H2,1-4H3. The number of hydrogen-bond acceptors (Lipinski definition) is 1. The number of benzene rings is 1. The van der Waals surface area contributed by atoms with Crippen LogP contribution in [0.1, 0.15) is 68.1 Å². The Balaban J connectivity index is 2.15. The second-order valence-corrected chi connectivity index (χ2v) is 6.11. The highest BCUT2D eigenvalue weighted by atomic mass is 14.9. The van der Waals surface area contributed by atoms with Crippen molar-refractivity contribution in [2.24, 2.45) is 0 Å². The van der Waals surface area contributed by atoms with E-state index < -0.39 is 0 Å². The molecule has 1 heteroatoms. The summed E-state index contributed by atoms with van der Waals surface area (Å²) in [4.78, 5) is 0. The van der Waals surface area contributed by atoms with E-state index in [4.69, 9.17) is 0 Å². The fourth-order valence-electron chi connectivity index (χ4n) is 3.15. The normalized spacial score (nSPS) is 24.5. The van der Waals surface area contributed by atoms with E-state index in [0.717, 1.165) is 12.0 Å². The minimum atomic E-state index is 0.637. The number of hydrogen-bond donors (Lipinski definition) is 1. The van der Waals surface area contributed by atoms with Gasteiger partial charge in [-0.1, -0.05) is 32.0 Å². The first-order valence-electron chi connectivity index (χ1n) is 7.39. The SMILES string of the molecule is CNC1CCC(c2cc(C(C)C)ccc2C)CC1. The molecule has 1 aliphatic carbocycles. The predicted octanol–water partition coefficient (Wildman–Crippen LogP) is 4.36. The molecule has 1 aliphatic rings. The Labute approximate surface area is 112 Å². The van der Waals surface area contributed by atoms with Crippen molar-refractivity contribution in [1.29, 1.82) is 0 Å². The van der Waals surface area contributed by atoms with Gasteiger partial charge in [0.15, 0.2) is 0 Å². The fourth-order valence-corrected chi connectivity index (χ4v) is 3.15. The van der Waals surface area contributed by atoms with Crippen LogP contribution in [-0.2, 0) is 0 Å². The van der Waals surface area contributed by atoms with Crippen LogP contribution in [0.2, 0.25) is 0 Å². The Morgan fingerprint density at radius 2 is 1.78 bits per heavy atom. The Bertz CT molecular complexity index is 387. The molecule has 1 aromatic carbocycles. The highest BCUT2D eigenvalue weighted by Gasteiger charge is 2.22. The quantitative estimate of drug-likeness (QED) is 0.834. The molecule has 0 atom stereocenters. The lowest BCUT2D eigenvalue weighted by Crippen LogP contribution is -2.29. The first-order valence-corrected chi connectivity index (χ1v) is 7.39. The Morgan fingerprint density at radius 1 is 1.11 bits per heavy atom. The van der Waals surface area contributed by atoms with Crippen LogP contribution in [-0.4, -0.2) is 13.1 Å². The molecule has 1 nitrogen and oxygen atoms in total. The molecule has 0 bridgehead atoms. The third kappa shape index (κ3) is 2.95. The first-order chi connectivity index (χ1) is 8.61. The summed E-state index contributed by atoms with van der Waals surface area (Å²) in [6.07, 6.45) is 5.33. The molecule has 1 fully saturated rings. The molecule has 1 N–H and O–H groups in total. The van der Waals surface area contributed by atoms with Crippen molar-refractivity contribution in [3.63, 3.8) is 0 Å². The summed E-state index contributed by atoms with van der Waals surface area (Å²) in [7, 11) is 2.09. The van der Waals surface area contributed by atoms with Crippen molar-refractivity contribution in [1.82, 2.24) is 5.32 Å². The zero-order valence-corrected chi connectivity index (χ0v) is 12.3. The smallest absolute Gasteiger partial charge is 0.00644 e. The van der Waals surface area contributed by atoms with Gasteiger partial charge >= 0.3 is 0 Å². The molecule has 2 rings (SSSR count). The molecule has 0 aliphatic heterocycles. The van der Waals surface area contributed by atoms with Gasteiger partial charge in [-0.25, -0.2) is 0 Å². The molecule has 0 amide bonds. The third-order valence-corrected chi connectivity index (χ3v) is 4.55. The topological polar surface area (TPSA) is 12.0 Å². The van der Waals surface area contributed by atoms with Crippen LogP contribution >= 0.6 is 0 Å². The molecule has 0 heterocycles. The van der Waals surface area contributed by atoms with Gasteiger partial charge < -0.3 is 5.32 Å². The summed E-state index contributed by atoms with van der Waals surface area (Å²) in [6, 6.07) is 7.82. The van der Waals surface area contributed by atoms with Crippen LogP contribution in [0.4, 0.5) is 0 Å². The first kappa shape index (κ1) is 13.6. The molecular weight excluding hydrogens is 218 g/mol. The van der Waals surface area contributed by atoms with Gasteiger partial charge in [0, 0.05) is 6.04 Å². The lowest BCUT2D eigenvalue weighted by molar-refractivity contribution is 0.358. The molecule has 1 saturated carbocycles. The zero-order valence-electron chi connectivity index (χ0n) is 12.3. The van der Waals surface area contributed by atoms with Gasteiger partial charge in [0.05, 0.1) is 0 Å². The molecule has 0 unspecified atom stereocenters. The lowest BCUT2D eigenvalue weighted by Gasteiger charge is -2.30. The van der Waals surface area contributed by atoms with Gasteiger partial charge in [0.25, 0.3) is 0 Å². The Morgan fingerprint density at radius 3 is 2.33 bits per heavy atom. The summed E-state index contributed by atoms with van der Waals surface area (Å²) in [5, 5.41) is 3.42. The maximum atomic E-state index is 3.42. The van der Waals surface area contributed by atoms with E-state index in [1.165, 1.54) is 36.8 Å². The van der Waals surface area contributed by atoms with E-state index in [1.54, 1.807) is 5.56 Å². The molecule has 0 spiro atoms. The fraction of sp³-hybridized carbons (Fsp3) is 0.647. The average Bonchev–Trinajstić information content (AvgIpc) is 2.39. The summed E-state index contributed by atoms with van der Waals surface area (Å²) >= 11 is 0. The van der Waals surface area contributed by atoms with E-state index in [0.29, 0.717) is 5.92 Å². The largest absolute Gasteiger partial charge is 0.317 e. The van der Waals surface area contributed by atoms with Crippen LogP contribution in [0.5, 0.6) is 0 Å². The summed E-state index contributed by atoms with van der Waals surface area (Å²) in [6.45, 7) is 6.84.